The SMILES string of the molecule is C=C1CCC2C(CO)C(OC(=O)CCC(=O)O)CCC2(C)C1C/C=C1\C=COC1=O. The van der Waals surface area contributed by atoms with Crippen LogP contribution in [0.2, 0.25) is 0 Å². The number of aliphatic hydroxyl groups excluding tert-OH is 1. The van der Waals surface area contributed by atoms with Crippen molar-refractivity contribution in [3.63, 3.8) is 0 Å². The average Bonchev–Trinajstić information content (AvgIpc) is 3.11. The number of carbonyl (C=O) groups is 3. The molecule has 0 amide bonds. The maximum Gasteiger partial charge on any atom is 0.342 e. The van der Waals surface area contributed by atoms with E-state index < -0.39 is 18.0 Å². The molecule has 2 fully saturated rings. The van der Waals surface area contributed by atoms with Crippen LogP contribution in [0, 0.1) is 23.2 Å². The molecule has 1 aliphatic heterocycles. The Balaban J connectivity index is 1.74. The molecule has 7 heteroatoms. The van der Waals surface area contributed by atoms with Crippen LogP contribution < -0.4 is 0 Å². The molecule has 30 heavy (non-hydrogen) atoms. The van der Waals surface area contributed by atoms with Gasteiger partial charge in [-0.25, -0.2) is 4.79 Å². The molecule has 0 bridgehead atoms. The fraction of sp³-hybridized carbons (Fsp3) is 0.609. The topological polar surface area (TPSA) is 110 Å². The molecule has 3 rings (SSSR count). The molecule has 0 aromatic rings. The summed E-state index contributed by atoms with van der Waals surface area (Å²) in [6, 6.07) is 0. The van der Waals surface area contributed by atoms with Gasteiger partial charge in [0.2, 0.25) is 0 Å². The highest BCUT2D eigenvalue weighted by atomic mass is 16.5. The number of cyclic esters (lactones) is 1. The molecule has 5 atom stereocenters. The van der Waals surface area contributed by atoms with Crippen LogP contribution in [0.25, 0.3) is 0 Å². The minimum Gasteiger partial charge on any atom is -0.481 e. The zero-order valence-electron chi connectivity index (χ0n) is 17.3. The van der Waals surface area contributed by atoms with Crippen LogP contribution in [-0.2, 0) is 23.9 Å². The number of aliphatic carboxylic acids is 1. The largest absolute Gasteiger partial charge is 0.481 e. The molecule has 2 N–H and O–H groups in total. The normalized spacial score (nSPS) is 34.5. The first-order chi connectivity index (χ1) is 14.3. The van der Waals surface area contributed by atoms with Gasteiger partial charge in [-0.2, -0.15) is 0 Å². The Labute approximate surface area is 176 Å². The summed E-state index contributed by atoms with van der Waals surface area (Å²) < 4.78 is 10.4. The van der Waals surface area contributed by atoms with E-state index in [1.54, 1.807) is 6.08 Å². The number of esters is 2. The van der Waals surface area contributed by atoms with Crippen molar-refractivity contribution < 1.29 is 34.1 Å². The maximum atomic E-state index is 12.1. The van der Waals surface area contributed by atoms with E-state index in [0.717, 1.165) is 24.8 Å². The standard InChI is InChI=1S/C23H30O7/c1-14-3-5-18-16(13-24)19(30-21(27)8-7-20(25)26)9-11-23(18,2)17(14)6-4-15-10-12-29-22(15)28/h4,10,12,16-19,24H,1,3,5-9,11,13H2,2H3,(H,25,26)/b15-4+. The van der Waals surface area contributed by atoms with Gasteiger partial charge >= 0.3 is 17.9 Å². The Morgan fingerprint density at radius 1 is 1.37 bits per heavy atom. The van der Waals surface area contributed by atoms with Crippen LogP contribution in [0.5, 0.6) is 0 Å². The molecular weight excluding hydrogens is 388 g/mol. The molecule has 1 heterocycles. The van der Waals surface area contributed by atoms with Crippen LogP contribution >= 0.6 is 0 Å². The van der Waals surface area contributed by atoms with Crippen LogP contribution in [0.3, 0.4) is 0 Å². The maximum absolute atomic E-state index is 12.1. The van der Waals surface area contributed by atoms with Crippen LogP contribution in [0.15, 0.2) is 36.1 Å². The molecule has 164 valence electrons. The number of rotatable bonds is 7. The van der Waals surface area contributed by atoms with Crippen molar-refractivity contribution >= 4 is 17.9 Å². The van der Waals surface area contributed by atoms with E-state index in [1.807, 2.05) is 6.08 Å². The number of hydrogen-bond acceptors (Lipinski definition) is 6. The predicted octanol–water partition coefficient (Wildman–Crippen LogP) is 3.14. The quantitative estimate of drug-likeness (QED) is 0.371. The van der Waals surface area contributed by atoms with Crippen molar-refractivity contribution in [2.24, 2.45) is 23.2 Å². The van der Waals surface area contributed by atoms with E-state index in [-0.39, 0.29) is 48.6 Å². The Kier molecular flexibility index (Phi) is 6.81. The first-order valence-electron chi connectivity index (χ1n) is 10.5. The second-order valence-corrected chi connectivity index (χ2v) is 8.77. The number of carbonyl (C=O) groups excluding carboxylic acids is 2. The number of fused-ring (bicyclic) bond motifs is 1. The second-order valence-electron chi connectivity index (χ2n) is 8.77. The van der Waals surface area contributed by atoms with Crippen molar-refractivity contribution in [3.05, 3.63) is 36.1 Å². The number of aliphatic hydroxyl groups is 1. The van der Waals surface area contributed by atoms with Gasteiger partial charge in [0.15, 0.2) is 0 Å². The number of allylic oxidation sites excluding steroid dienone is 2. The lowest BCUT2D eigenvalue weighted by Crippen LogP contribution is -2.52. The molecule has 5 unspecified atom stereocenters. The van der Waals surface area contributed by atoms with Gasteiger partial charge in [-0.3, -0.25) is 9.59 Å². The molecule has 0 aromatic heterocycles. The van der Waals surface area contributed by atoms with E-state index in [0.29, 0.717) is 18.4 Å². The summed E-state index contributed by atoms with van der Waals surface area (Å²) in [6.45, 7) is 6.40. The van der Waals surface area contributed by atoms with Gasteiger partial charge in [0.1, 0.15) is 6.10 Å². The molecule has 7 nitrogen and oxygen atoms in total. The summed E-state index contributed by atoms with van der Waals surface area (Å²) in [5.74, 6) is -1.81. The minimum absolute atomic E-state index is 0.0908. The lowest BCUT2D eigenvalue weighted by molar-refractivity contribution is -0.166. The van der Waals surface area contributed by atoms with Crippen molar-refractivity contribution in [1.82, 2.24) is 0 Å². The molecule has 0 aromatic carbocycles. The highest BCUT2D eigenvalue weighted by molar-refractivity contribution is 5.94. The highest BCUT2D eigenvalue weighted by Gasteiger charge is 2.53. The smallest absolute Gasteiger partial charge is 0.342 e. The van der Waals surface area contributed by atoms with Crippen LogP contribution in [-0.4, -0.2) is 40.8 Å². The van der Waals surface area contributed by atoms with Crippen molar-refractivity contribution in [3.8, 4) is 0 Å². The Hall–Kier alpha value is -2.41. The van der Waals surface area contributed by atoms with Crippen molar-refractivity contribution in [1.29, 1.82) is 0 Å². The average molecular weight is 418 g/mol. The Morgan fingerprint density at radius 2 is 2.13 bits per heavy atom. The third-order valence-corrected chi connectivity index (χ3v) is 7.14. The van der Waals surface area contributed by atoms with Gasteiger partial charge in [0, 0.05) is 12.5 Å². The third kappa shape index (κ3) is 4.51. The summed E-state index contributed by atoms with van der Waals surface area (Å²) in [7, 11) is 0. The van der Waals surface area contributed by atoms with Gasteiger partial charge in [0.05, 0.1) is 24.7 Å². The molecule has 0 radical (unpaired) electrons. The monoisotopic (exact) mass is 418 g/mol. The van der Waals surface area contributed by atoms with E-state index in [4.69, 9.17) is 14.6 Å². The molecule has 0 spiro atoms. The van der Waals surface area contributed by atoms with Crippen molar-refractivity contribution in [2.45, 2.75) is 58.0 Å². The zero-order chi connectivity index (χ0) is 21.9. The van der Waals surface area contributed by atoms with E-state index in [1.165, 1.54) is 6.26 Å². The highest BCUT2D eigenvalue weighted by Crippen LogP contribution is 2.58. The van der Waals surface area contributed by atoms with Gasteiger partial charge in [-0.1, -0.05) is 25.2 Å². The molecule has 2 aliphatic carbocycles. The van der Waals surface area contributed by atoms with E-state index in [9.17, 15) is 19.5 Å². The first-order valence-corrected chi connectivity index (χ1v) is 10.5. The fourth-order valence-electron chi connectivity index (χ4n) is 5.52. The zero-order valence-corrected chi connectivity index (χ0v) is 17.3. The molecule has 0 saturated heterocycles. The Morgan fingerprint density at radius 3 is 2.77 bits per heavy atom. The van der Waals surface area contributed by atoms with Crippen LogP contribution in [0.4, 0.5) is 0 Å². The fourth-order valence-corrected chi connectivity index (χ4v) is 5.52. The summed E-state index contributed by atoms with van der Waals surface area (Å²) in [5, 5.41) is 18.9. The number of ether oxygens (including phenoxy) is 2. The minimum atomic E-state index is -1.04. The van der Waals surface area contributed by atoms with Gasteiger partial charge in [-0.05, 0) is 55.4 Å². The molecular formula is C23H30O7. The number of hydrogen-bond donors (Lipinski definition) is 2. The Bertz CT molecular complexity index is 780. The van der Waals surface area contributed by atoms with Crippen LogP contribution in [0.1, 0.15) is 51.9 Å². The third-order valence-electron chi connectivity index (χ3n) is 7.14. The number of carboxylic acid groups (broad SMARTS) is 1. The van der Waals surface area contributed by atoms with Gasteiger partial charge < -0.3 is 19.7 Å². The van der Waals surface area contributed by atoms with Gasteiger partial charge in [-0.15, -0.1) is 0 Å². The summed E-state index contributed by atoms with van der Waals surface area (Å²) >= 11 is 0. The van der Waals surface area contributed by atoms with E-state index in [2.05, 4.69) is 13.5 Å². The lowest BCUT2D eigenvalue weighted by atomic mass is 9.50. The molecule has 3 aliphatic rings. The van der Waals surface area contributed by atoms with Crippen molar-refractivity contribution in [2.75, 3.05) is 6.61 Å². The predicted molar refractivity (Wildman–Crippen MR) is 108 cm³/mol. The second kappa shape index (κ2) is 9.16. The summed E-state index contributed by atoms with van der Waals surface area (Å²) in [5.41, 5.74) is 1.57. The first kappa shape index (κ1) is 22.3. The molecule has 2 saturated carbocycles. The number of carboxylic acids is 1. The summed E-state index contributed by atoms with van der Waals surface area (Å²) in [4.78, 5) is 34.5. The lowest BCUT2D eigenvalue weighted by Gasteiger charge is -2.56. The summed E-state index contributed by atoms with van der Waals surface area (Å²) in [6.07, 6.45) is 7.89. The van der Waals surface area contributed by atoms with E-state index >= 15 is 0 Å². The van der Waals surface area contributed by atoms with Gasteiger partial charge in [0.25, 0.3) is 0 Å².